The molecule has 0 amide bonds. The molecule has 2 aromatic carbocycles. The van der Waals surface area contributed by atoms with E-state index in [1.165, 1.54) is 11.1 Å². The molecule has 0 aromatic heterocycles. The summed E-state index contributed by atoms with van der Waals surface area (Å²) in [6, 6.07) is 18.1. The Bertz CT molecular complexity index is 616. The summed E-state index contributed by atoms with van der Waals surface area (Å²) in [5.74, 6) is -0.750. The molecule has 0 aliphatic carbocycles. The van der Waals surface area contributed by atoms with Gasteiger partial charge in [-0.15, -0.1) is 0 Å². The smallest absolute Gasteiger partial charge is 0.303 e. The molecule has 0 fully saturated rings. The van der Waals surface area contributed by atoms with Crippen molar-refractivity contribution in [2.45, 2.75) is 31.7 Å². The van der Waals surface area contributed by atoms with Gasteiger partial charge in [-0.3, -0.25) is 4.79 Å². The number of rotatable bonds is 9. The summed E-state index contributed by atoms with van der Waals surface area (Å²) in [6.07, 6.45) is 2.52. The summed E-state index contributed by atoms with van der Waals surface area (Å²) in [6.45, 7) is 0.803. The third-order valence-electron chi connectivity index (χ3n) is 3.77. The first kappa shape index (κ1) is 17.5. The van der Waals surface area contributed by atoms with Crippen LogP contribution in [-0.2, 0) is 17.6 Å². The Morgan fingerprint density at radius 2 is 1.83 bits per heavy atom. The van der Waals surface area contributed by atoms with Crippen molar-refractivity contribution >= 4 is 17.6 Å². The fourth-order valence-corrected chi connectivity index (χ4v) is 2.80. The summed E-state index contributed by atoms with van der Waals surface area (Å²) in [7, 11) is 0. The van der Waals surface area contributed by atoms with Gasteiger partial charge >= 0.3 is 5.97 Å². The third kappa shape index (κ3) is 6.85. The molecule has 0 saturated heterocycles. The first-order chi connectivity index (χ1) is 11.1. The first-order valence-electron chi connectivity index (χ1n) is 7.87. The zero-order valence-corrected chi connectivity index (χ0v) is 13.8. The van der Waals surface area contributed by atoms with Crippen LogP contribution in [-0.4, -0.2) is 23.7 Å². The average Bonchev–Trinajstić information content (AvgIpc) is 2.53. The Labute approximate surface area is 142 Å². The van der Waals surface area contributed by atoms with E-state index in [0.717, 1.165) is 24.4 Å². The molecule has 0 saturated carbocycles. The van der Waals surface area contributed by atoms with Crippen LogP contribution in [0.25, 0.3) is 0 Å². The lowest BCUT2D eigenvalue weighted by Crippen LogP contribution is -2.33. The highest BCUT2D eigenvalue weighted by molar-refractivity contribution is 6.30. The molecule has 0 spiro atoms. The van der Waals surface area contributed by atoms with Crippen LogP contribution >= 0.6 is 11.6 Å². The van der Waals surface area contributed by atoms with Gasteiger partial charge in [0.05, 0.1) is 0 Å². The highest BCUT2D eigenvalue weighted by Gasteiger charge is 2.11. The topological polar surface area (TPSA) is 49.3 Å². The van der Waals surface area contributed by atoms with Gasteiger partial charge in [0, 0.05) is 17.5 Å². The number of hydrogen-bond acceptors (Lipinski definition) is 2. The van der Waals surface area contributed by atoms with Crippen LogP contribution in [0.15, 0.2) is 54.6 Å². The normalized spacial score (nSPS) is 12.0. The molecule has 0 bridgehead atoms. The Balaban J connectivity index is 1.87. The first-order valence-corrected chi connectivity index (χ1v) is 8.25. The van der Waals surface area contributed by atoms with Gasteiger partial charge in [0.25, 0.3) is 0 Å². The van der Waals surface area contributed by atoms with E-state index >= 15 is 0 Å². The van der Waals surface area contributed by atoms with Crippen LogP contribution in [0, 0.1) is 0 Å². The van der Waals surface area contributed by atoms with E-state index < -0.39 is 5.97 Å². The van der Waals surface area contributed by atoms with Crippen molar-refractivity contribution in [3.05, 3.63) is 70.7 Å². The molecule has 122 valence electrons. The van der Waals surface area contributed by atoms with Crippen LogP contribution in [0.1, 0.15) is 24.0 Å². The van der Waals surface area contributed by atoms with E-state index in [2.05, 4.69) is 23.5 Å². The van der Waals surface area contributed by atoms with Crippen molar-refractivity contribution in [2.75, 3.05) is 6.54 Å². The maximum atomic E-state index is 10.8. The second-order valence-electron chi connectivity index (χ2n) is 5.65. The predicted molar refractivity (Wildman–Crippen MR) is 94.0 cm³/mol. The fraction of sp³-hybridized carbons (Fsp3) is 0.316. The zero-order chi connectivity index (χ0) is 16.5. The lowest BCUT2D eigenvalue weighted by molar-refractivity contribution is -0.137. The maximum Gasteiger partial charge on any atom is 0.303 e. The molecule has 23 heavy (non-hydrogen) atoms. The number of carboxylic acid groups (broad SMARTS) is 1. The van der Waals surface area contributed by atoms with Crippen molar-refractivity contribution in [1.82, 2.24) is 5.32 Å². The van der Waals surface area contributed by atoms with E-state index in [1.807, 2.05) is 36.4 Å². The van der Waals surface area contributed by atoms with Crippen molar-refractivity contribution in [3.63, 3.8) is 0 Å². The minimum absolute atomic E-state index is 0.160. The van der Waals surface area contributed by atoms with Crippen molar-refractivity contribution < 1.29 is 9.90 Å². The van der Waals surface area contributed by atoms with E-state index in [-0.39, 0.29) is 12.5 Å². The maximum absolute atomic E-state index is 10.8. The SMILES string of the molecule is O=C(O)CCC(Cc1ccccc1)NCCc1cccc(Cl)c1. The predicted octanol–water partition coefficient (Wildman–Crippen LogP) is 3.95. The zero-order valence-electron chi connectivity index (χ0n) is 13.0. The lowest BCUT2D eigenvalue weighted by Gasteiger charge is -2.18. The van der Waals surface area contributed by atoms with Gasteiger partial charge in [-0.05, 0) is 49.1 Å². The molecule has 0 aliphatic rings. The van der Waals surface area contributed by atoms with Crippen LogP contribution in [0.5, 0.6) is 0 Å². The van der Waals surface area contributed by atoms with Crippen LogP contribution in [0.2, 0.25) is 5.02 Å². The van der Waals surface area contributed by atoms with Crippen LogP contribution in [0.4, 0.5) is 0 Å². The van der Waals surface area contributed by atoms with Gasteiger partial charge in [-0.1, -0.05) is 54.1 Å². The molecule has 2 aromatic rings. The Morgan fingerprint density at radius 1 is 1.09 bits per heavy atom. The molecular weight excluding hydrogens is 310 g/mol. The van der Waals surface area contributed by atoms with E-state index in [4.69, 9.17) is 16.7 Å². The summed E-state index contributed by atoms with van der Waals surface area (Å²) in [4.78, 5) is 10.8. The molecule has 2 rings (SSSR count). The number of carboxylic acids is 1. The summed E-state index contributed by atoms with van der Waals surface area (Å²) < 4.78 is 0. The number of hydrogen-bond donors (Lipinski definition) is 2. The lowest BCUT2D eigenvalue weighted by atomic mass is 10.0. The van der Waals surface area contributed by atoms with Gasteiger partial charge in [-0.25, -0.2) is 0 Å². The molecule has 4 heteroatoms. The monoisotopic (exact) mass is 331 g/mol. The van der Waals surface area contributed by atoms with Crippen molar-refractivity contribution in [1.29, 1.82) is 0 Å². The van der Waals surface area contributed by atoms with Gasteiger partial charge in [0.2, 0.25) is 0 Å². The Kier molecular flexibility index (Phi) is 7.11. The number of benzene rings is 2. The summed E-state index contributed by atoms with van der Waals surface area (Å²) in [5, 5.41) is 13.1. The molecule has 1 atom stereocenters. The largest absolute Gasteiger partial charge is 0.481 e. The van der Waals surface area contributed by atoms with E-state index in [0.29, 0.717) is 6.42 Å². The summed E-state index contributed by atoms with van der Waals surface area (Å²) >= 11 is 5.99. The second kappa shape index (κ2) is 9.33. The molecule has 0 heterocycles. The second-order valence-corrected chi connectivity index (χ2v) is 6.09. The highest BCUT2D eigenvalue weighted by Crippen LogP contribution is 2.12. The quantitative estimate of drug-likeness (QED) is 0.731. The number of nitrogens with one attached hydrogen (secondary N) is 1. The van der Waals surface area contributed by atoms with Crippen molar-refractivity contribution in [2.24, 2.45) is 0 Å². The van der Waals surface area contributed by atoms with Crippen molar-refractivity contribution in [3.8, 4) is 0 Å². The molecular formula is C19H22ClNO2. The van der Waals surface area contributed by atoms with Crippen LogP contribution < -0.4 is 5.32 Å². The summed E-state index contributed by atoms with van der Waals surface area (Å²) in [5.41, 5.74) is 2.40. The highest BCUT2D eigenvalue weighted by atomic mass is 35.5. The van der Waals surface area contributed by atoms with Gasteiger partial charge < -0.3 is 10.4 Å². The fourth-order valence-electron chi connectivity index (χ4n) is 2.59. The molecule has 1 unspecified atom stereocenters. The van der Waals surface area contributed by atoms with Gasteiger partial charge in [0.15, 0.2) is 0 Å². The number of halogens is 1. The van der Waals surface area contributed by atoms with Gasteiger partial charge in [0.1, 0.15) is 0 Å². The average molecular weight is 332 g/mol. The molecule has 2 N–H and O–H groups in total. The van der Waals surface area contributed by atoms with E-state index in [1.54, 1.807) is 0 Å². The van der Waals surface area contributed by atoms with Gasteiger partial charge in [-0.2, -0.15) is 0 Å². The standard InChI is InChI=1S/C19H22ClNO2/c20-17-8-4-7-16(13-17)11-12-21-18(9-10-19(22)23)14-15-5-2-1-3-6-15/h1-8,13,18,21H,9-12,14H2,(H,22,23). The van der Waals surface area contributed by atoms with E-state index in [9.17, 15) is 4.79 Å². The Hall–Kier alpha value is -1.84. The number of carbonyl (C=O) groups is 1. The number of aliphatic carboxylic acids is 1. The van der Waals surface area contributed by atoms with Crippen LogP contribution in [0.3, 0.4) is 0 Å². The molecule has 0 radical (unpaired) electrons. The minimum atomic E-state index is -0.750. The minimum Gasteiger partial charge on any atom is -0.481 e. The Morgan fingerprint density at radius 3 is 2.52 bits per heavy atom. The third-order valence-corrected chi connectivity index (χ3v) is 4.00. The molecule has 3 nitrogen and oxygen atoms in total. The molecule has 0 aliphatic heterocycles.